The van der Waals surface area contributed by atoms with Gasteiger partial charge in [0.05, 0.1) is 30.0 Å². The Morgan fingerprint density at radius 2 is 2.00 bits per heavy atom. The van der Waals surface area contributed by atoms with E-state index < -0.39 is 10.0 Å². The van der Waals surface area contributed by atoms with Gasteiger partial charge in [0.2, 0.25) is 0 Å². The molecule has 0 saturated carbocycles. The van der Waals surface area contributed by atoms with Gasteiger partial charge in [0.15, 0.2) is 0 Å². The molecule has 0 radical (unpaired) electrons. The van der Waals surface area contributed by atoms with Crippen molar-refractivity contribution < 1.29 is 23.4 Å². The molecule has 0 aliphatic rings. The van der Waals surface area contributed by atoms with Crippen LogP contribution in [0.25, 0.3) is 0 Å². The van der Waals surface area contributed by atoms with Crippen molar-refractivity contribution in [2.45, 2.75) is 25.3 Å². The van der Waals surface area contributed by atoms with Crippen molar-refractivity contribution in [2.24, 2.45) is 5.10 Å². The molecule has 25 heavy (non-hydrogen) atoms. The molecule has 0 bridgehead atoms. The molecule has 8 nitrogen and oxygen atoms in total. The predicted molar refractivity (Wildman–Crippen MR) is 92.1 cm³/mol. The number of nitrogens with zero attached hydrogens (tertiary/aromatic N) is 2. The molecule has 3 N–H and O–H groups in total. The van der Waals surface area contributed by atoms with Gasteiger partial charge in [-0.3, -0.25) is 4.98 Å². The summed E-state index contributed by atoms with van der Waals surface area (Å²) in [6.45, 7) is 3.53. The van der Waals surface area contributed by atoms with Crippen LogP contribution in [0.2, 0.25) is 0 Å². The molecule has 1 aromatic carbocycles. The molecule has 0 aliphatic carbocycles. The number of benzene rings is 1. The van der Waals surface area contributed by atoms with Gasteiger partial charge in [-0.2, -0.15) is 13.5 Å². The van der Waals surface area contributed by atoms with E-state index in [1.54, 1.807) is 19.1 Å². The second-order valence-corrected chi connectivity index (χ2v) is 6.71. The summed E-state index contributed by atoms with van der Waals surface area (Å²) in [5, 5.41) is 22.9. The third kappa shape index (κ3) is 4.46. The number of nitrogens with one attached hydrogen (secondary N) is 1. The van der Waals surface area contributed by atoms with E-state index in [2.05, 4.69) is 14.9 Å². The normalized spacial score (nSPS) is 11.6. The number of hydrogen-bond donors (Lipinski definition) is 3. The van der Waals surface area contributed by atoms with E-state index in [0.717, 1.165) is 6.21 Å². The number of pyridine rings is 1. The van der Waals surface area contributed by atoms with Gasteiger partial charge in [0.1, 0.15) is 11.5 Å². The third-order valence-corrected chi connectivity index (χ3v) is 4.58. The number of aromatic hydroxyl groups is 1. The van der Waals surface area contributed by atoms with Crippen LogP contribution >= 0.6 is 0 Å². The van der Waals surface area contributed by atoms with Crippen LogP contribution in [-0.4, -0.2) is 36.4 Å². The molecule has 0 aliphatic heterocycles. The topological polar surface area (TPSA) is 121 Å². The maximum absolute atomic E-state index is 12.2. The number of aliphatic hydroxyl groups excluding tert-OH is 1. The van der Waals surface area contributed by atoms with Gasteiger partial charge in [-0.1, -0.05) is 0 Å². The van der Waals surface area contributed by atoms with E-state index in [9.17, 15) is 18.6 Å². The molecule has 0 saturated heterocycles. The van der Waals surface area contributed by atoms with Crippen molar-refractivity contribution in [3.63, 3.8) is 0 Å². The second kappa shape index (κ2) is 7.95. The zero-order valence-electron chi connectivity index (χ0n) is 13.8. The van der Waals surface area contributed by atoms with Crippen molar-refractivity contribution in [1.29, 1.82) is 0 Å². The van der Waals surface area contributed by atoms with Crippen molar-refractivity contribution >= 4 is 16.2 Å². The van der Waals surface area contributed by atoms with Gasteiger partial charge in [0, 0.05) is 17.3 Å². The number of sulfonamides is 1. The van der Waals surface area contributed by atoms with Crippen LogP contribution in [0, 0.1) is 6.92 Å². The van der Waals surface area contributed by atoms with E-state index in [1.165, 1.54) is 18.3 Å². The number of rotatable bonds is 7. The fourth-order valence-corrected chi connectivity index (χ4v) is 2.81. The van der Waals surface area contributed by atoms with E-state index in [0.29, 0.717) is 23.6 Å². The molecule has 2 rings (SSSR count). The quantitative estimate of drug-likeness (QED) is 0.502. The maximum Gasteiger partial charge on any atom is 0.276 e. The van der Waals surface area contributed by atoms with E-state index in [4.69, 9.17) is 4.74 Å². The maximum atomic E-state index is 12.2. The lowest BCUT2D eigenvalue weighted by molar-refractivity contribution is 0.280. The van der Waals surface area contributed by atoms with Gasteiger partial charge in [-0.15, -0.1) is 0 Å². The lowest BCUT2D eigenvalue weighted by Crippen LogP contribution is -2.18. The summed E-state index contributed by atoms with van der Waals surface area (Å²) in [6, 6.07) is 5.89. The Labute approximate surface area is 145 Å². The first kappa shape index (κ1) is 18.7. The van der Waals surface area contributed by atoms with Crippen LogP contribution in [0.3, 0.4) is 0 Å². The Morgan fingerprint density at radius 1 is 1.32 bits per heavy atom. The van der Waals surface area contributed by atoms with Crippen LogP contribution < -0.4 is 9.57 Å². The molecule has 0 atom stereocenters. The number of hydrogen-bond acceptors (Lipinski definition) is 7. The first-order valence-corrected chi connectivity index (χ1v) is 8.93. The monoisotopic (exact) mass is 365 g/mol. The van der Waals surface area contributed by atoms with Gasteiger partial charge in [-0.25, -0.2) is 4.83 Å². The summed E-state index contributed by atoms with van der Waals surface area (Å²) in [6.07, 6.45) is 2.51. The minimum atomic E-state index is -3.87. The van der Waals surface area contributed by atoms with Gasteiger partial charge < -0.3 is 14.9 Å². The highest BCUT2D eigenvalue weighted by atomic mass is 32.2. The lowest BCUT2D eigenvalue weighted by atomic mass is 10.1. The van der Waals surface area contributed by atoms with Crippen molar-refractivity contribution in [3.8, 4) is 11.5 Å². The van der Waals surface area contributed by atoms with Crippen molar-refractivity contribution in [2.75, 3.05) is 6.61 Å². The fraction of sp³-hybridized carbons (Fsp3) is 0.250. The zero-order chi connectivity index (χ0) is 18.4. The third-order valence-electron chi connectivity index (χ3n) is 3.34. The van der Waals surface area contributed by atoms with Crippen LogP contribution in [0.5, 0.6) is 11.5 Å². The average molecular weight is 365 g/mol. The summed E-state index contributed by atoms with van der Waals surface area (Å²) in [5.41, 5.74) is 0.865. The highest BCUT2D eigenvalue weighted by molar-refractivity contribution is 7.89. The summed E-state index contributed by atoms with van der Waals surface area (Å²) < 4.78 is 29.7. The standard InChI is InChI=1S/C16H19N3O5S/c1-3-24-13-4-6-14(7-5-13)25(22,23)19-18-9-15-12(10-20)8-17-11(2)16(15)21/h4-9,19-21H,3,10H2,1-2H3/b18-9+. The molecule has 0 unspecified atom stereocenters. The van der Waals surface area contributed by atoms with Crippen LogP contribution in [0.4, 0.5) is 0 Å². The Bertz CT molecular complexity index is 864. The smallest absolute Gasteiger partial charge is 0.276 e. The Hall–Kier alpha value is -2.65. The molecule has 9 heteroatoms. The van der Waals surface area contributed by atoms with Gasteiger partial charge in [0.25, 0.3) is 10.0 Å². The molecular weight excluding hydrogens is 346 g/mol. The lowest BCUT2D eigenvalue weighted by Gasteiger charge is -2.08. The van der Waals surface area contributed by atoms with Crippen LogP contribution in [0.1, 0.15) is 23.7 Å². The number of ether oxygens (including phenoxy) is 1. The Morgan fingerprint density at radius 3 is 2.60 bits per heavy atom. The highest BCUT2D eigenvalue weighted by Crippen LogP contribution is 2.22. The van der Waals surface area contributed by atoms with Crippen LogP contribution in [0.15, 0.2) is 40.5 Å². The molecule has 134 valence electrons. The predicted octanol–water partition coefficient (Wildman–Crippen LogP) is 1.30. The SMILES string of the molecule is CCOc1ccc(S(=O)(=O)N/N=C/c2c(CO)cnc(C)c2O)cc1. The Balaban J connectivity index is 2.19. The molecule has 0 amide bonds. The Kier molecular flexibility index (Phi) is 5.94. The van der Waals surface area contributed by atoms with E-state index in [1.807, 2.05) is 6.92 Å². The summed E-state index contributed by atoms with van der Waals surface area (Å²) in [5.74, 6) is 0.394. The van der Waals surface area contributed by atoms with Gasteiger partial charge in [-0.05, 0) is 38.1 Å². The summed E-state index contributed by atoms with van der Waals surface area (Å²) in [7, 11) is -3.87. The first-order valence-electron chi connectivity index (χ1n) is 7.45. The van der Waals surface area contributed by atoms with E-state index >= 15 is 0 Å². The molecular formula is C16H19N3O5S. The molecule has 2 aromatic rings. The first-order chi connectivity index (χ1) is 11.9. The van der Waals surface area contributed by atoms with Crippen LogP contribution in [-0.2, 0) is 16.6 Å². The summed E-state index contributed by atoms with van der Waals surface area (Å²) in [4.78, 5) is 6.00. The van der Waals surface area contributed by atoms with Crippen molar-refractivity contribution in [1.82, 2.24) is 9.82 Å². The average Bonchev–Trinajstić information content (AvgIpc) is 2.59. The molecule has 1 heterocycles. The minimum Gasteiger partial charge on any atom is -0.505 e. The summed E-state index contributed by atoms with van der Waals surface area (Å²) >= 11 is 0. The van der Waals surface area contributed by atoms with Gasteiger partial charge >= 0.3 is 0 Å². The minimum absolute atomic E-state index is 0.0191. The largest absolute Gasteiger partial charge is 0.505 e. The zero-order valence-corrected chi connectivity index (χ0v) is 14.6. The molecule has 0 fully saturated rings. The number of aryl methyl sites for hydroxylation is 1. The van der Waals surface area contributed by atoms with Crippen molar-refractivity contribution in [3.05, 3.63) is 47.3 Å². The fourth-order valence-electron chi connectivity index (χ4n) is 2.02. The second-order valence-electron chi connectivity index (χ2n) is 5.05. The number of aromatic nitrogens is 1. The number of aliphatic hydroxyl groups is 1. The molecule has 1 aromatic heterocycles. The highest BCUT2D eigenvalue weighted by Gasteiger charge is 2.14. The molecule has 0 spiro atoms. The van der Waals surface area contributed by atoms with E-state index in [-0.39, 0.29) is 22.8 Å². The number of hydrazone groups is 1.